The summed E-state index contributed by atoms with van der Waals surface area (Å²) in [5.41, 5.74) is 6.00. The number of nitrogens with one attached hydrogen (secondary N) is 2. The molecule has 2 rings (SSSR count). The highest BCUT2D eigenvalue weighted by Gasteiger charge is 2.11. The van der Waals surface area contributed by atoms with Gasteiger partial charge in [-0.3, -0.25) is 4.55 Å². The molecule has 0 saturated carbocycles. The molecule has 0 atom stereocenters. The fraction of sp³-hybridized carbons (Fsp3) is 0.429. The first-order valence-electron chi connectivity index (χ1n) is 6.52. The van der Waals surface area contributed by atoms with Crippen LogP contribution >= 0.6 is 0 Å². The maximum atomic E-state index is 10.6. The zero-order valence-corrected chi connectivity index (χ0v) is 12.8. The van der Waals surface area contributed by atoms with Crippen molar-refractivity contribution < 1.29 is 13.0 Å². The van der Waals surface area contributed by atoms with Gasteiger partial charge in [-0.15, -0.1) is 0 Å². The maximum absolute atomic E-state index is 10.6. The van der Waals surface area contributed by atoms with E-state index in [2.05, 4.69) is 37.1 Å². The monoisotopic (exact) mass is 296 g/mol. The van der Waals surface area contributed by atoms with Gasteiger partial charge in [-0.25, -0.2) is 0 Å². The number of hydrogen-bond acceptors (Lipinski definition) is 3. The zero-order chi connectivity index (χ0) is 14.9. The molecule has 1 aromatic heterocycles. The summed E-state index contributed by atoms with van der Waals surface area (Å²) < 4.78 is 29.9. The lowest BCUT2D eigenvalue weighted by molar-refractivity contribution is 0.476. The Balaban J connectivity index is 2.19. The van der Waals surface area contributed by atoms with Crippen LogP contribution in [0.5, 0.6) is 0 Å². The Morgan fingerprint density at radius 1 is 1.25 bits per heavy atom. The van der Waals surface area contributed by atoms with Crippen molar-refractivity contribution in [3.05, 3.63) is 34.5 Å². The predicted octanol–water partition coefficient (Wildman–Crippen LogP) is 2.07. The van der Waals surface area contributed by atoms with Crippen molar-refractivity contribution >= 4 is 21.0 Å². The molecule has 0 radical (unpaired) electrons. The Hall–Kier alpha value is -1.37. The third kappa shape index (κ3) is 3.20. The molecular weight excluding hydrogens is 276 g/mol. The first-order valence-corrected chi connectivity index (χ1v) is 8.13. The van der Waals surface area contributed by atoms with Crippen molar-refractivity contribution in [1.82, 2.24) is 10.3 Å². The van der Waals surface area contributed by atoms with Crippen molar-refractivity contribution in [2.45, 2.75) is 27.2 Å². The molecule has 0 unspecified atom stereocenters. The van der Waals surface area contributed by atoms with Crippen LogP contribution in [0.15, 0.2) is 12.3 Å². The van der Waals surface area contributed by atoms with Crippen LogP contribution in [0.2, 0.25) is 0 Å². The van der Waals surface area contributed by atoms with Gasteiger partial charge in [-0.1, -0.05) is 6.07 Å². The lowest BCUT2D eigenvalue weighted by Crippen LogP contribution is -2.24. The lowest BCUT2D eigenvalue weighted by Gasteiger charge is -2.08. The minimum absolute atomic E-state index is 0.410. The Morgan fingerprint density at radius 3 is 2.60 bits per heavy atom. The summed E-state index contributed by atoms with van der Waals surface area (Å²) in [6, 6.07) is 2.16. The predicted molar refractivity (Wildman–Crippen MR) is 80.6 cm³/mol. The second kappa shape index (κ2) is 5.55. The van der Waals surface area contributed by atoms with Crippen LogP contribution in [0.3, 0.4) is 0 Å². The Morgan fingerprint density at radius 2 is 1.95 bits per heavy atom. The number of aromatic amines is 1. The summed E-state index contributed by atoms with van der Waals surface area (Å²) >= 11 is 0. The molecular formula is C14H20N2O3S. The van der Waals surface area contributed by atoms with E-state index >= 15 is 0 Å². The SMILES string of the molecule is Cc1cc(C)c2[nH]cc(CCNCS(=O)(=O)O)c2c1C. The fourth-order valence-electron chi connectivity index (χ4n) is 2.53. The fourth-order valence-corrected chi connectivity index (χ4v) is 2.93. The van der Waals surface area contributed by atoms with Crippen LogP contribution in [0.25, 0.3) is 10.9 Å². The lowest BCUT2D eigenvalue weighted by atomic mass is 9.98. The van der Waals surface area contributed by atoms with Crippen LogP contribution in [0, 0.1) is 20.8 Å². The molecule has 0 spiro atoms. The van der Waals surface area contributed by atoms with Gasteiger partial charge in [0.25, 0.3) is 10.1 Å². The molecule has 0 amide bonds. The molecule has 20 heavy (non-hydrogen) atoms. The third-order valence-electron chi connectivity index (χ3n) is 3.61. The third-order valence-corrected chi connectivity index (χ3v) is 4.18. The maximum Gasteiger partial charge on any atom is 0.278 e. The smallest absolute Gasteiger partial charge is 0.278 e. The van der Waals surface area contributed by atoms with Gasteiger partial charge in [0.1, 0.15) is 5.88 Å². The molecule has 3 N–H and O–H groups in total. The first-order chi connectivity index (χ1) is 9.29. The summed E-state index contributed by atoms with van der Waals surface area (Å²) in [6.07, 6.45) is 2.68. The topological polar surface area (TPSA) is 82.2 Å². The van der Waals surface area contributed by atoms with Gasteiger partial charge in [-0.05, 0) is 49.4 Å². The summed E-state index contributed by atoms with van der Waals surface area (Å²) in [5.74, 6) is -0.410. The quantitative estimate of drug-likeness (QED) is 0.583. The second-order valence-electron chi connectivity index (χ2n) is 5.18. The van der Waals surface area contributed by atoms with E-state index in [9.17, 15) is 8.42 Å². The normalized spacial score (nSPS) is 12.2. The van der Waals surface area contributed by atoms with Gasteiger partial charge in [0.15, 0.2) is 0 Å². The molecule has 0 fully saturated rings. The Kier molecular flexibility index (Phi) is 4.17. The highest BCUT2D eigenvalue weighted by Crippen LogP contribution is 2.27. The number of benzene rings is 1. The number of aryl methyl sites for hydroxylation is 3. The Bertz CT molecular complexity index is 732. The van der Waals surface area contributed by atoms with E-state index in [1.54, 1.807) is 0 Å². The average molecular weight is 296 g/mol. The van der Waals surface area contributed by atoms with E-state index < -0.39 is 16.0 Å². The molecule has 0 saturated heterocycles. The standard InChI is InChI=1S/C14H20N2O3S/c1-9-6-10(2)14-13(11(9)3)12(7-16-14)4-5-15-8-20(17,18)19/h6-7,15-16H,4-5,8H2,1-3H3,(H,17,18,19). The number of hydrogen-bond donors (Lipinski definition) is 3. The first kappa shape index (κ1) is 15.0. The minimum Gasteiger partial charge on any atom is -0.361 e. The van der Waals surface area contributed by atoms with Gasteiger partial charge in [0.05, 0.1) is 0 Å². The molecule has 110 valence electrons. The number of fused-ring (bicyclic) bond motifs is 1. The van der Waals surface area contributed by atoms with Crippen LogP contribution in [0.1, 0.15) is 22.3 Å². The van der Waals surface area contributed by atoms with Gasteiger partial charge < -0.3 is 10.3 Å². The molecule has 2 aromatic rings. The summed E-state index contributed by atoms with van der Waals surface area (Å²) in [5, 5.41) is 3.94. The summed E-state index contributed by atoms with van der Waals surface area (Å²) in [4.78, 5) is 3.29. The van der Waals surface area contributed by atoms with Crippen LogP contribution in [-0.4, -0.2) is 30.4 Å². The molecule has 5 nitrogen and oxygen atoms in total. The summed E-state index contributed by atoms with van der Waals surface area (Å²) in [7, 11) is -3.95. The van der Waals surface area contributed by atoms with Gasteiger partial charge in [-0.2, -0.15) is 8.42 Å². The van der Waals surface area contributed by atoms with E-state index in [0.29, 0.717) is 13.0 Å². The van der Waals surface area contributed by atoms with Gasteiger partial charge in [0.2, 0.25) is 0 Å². The molecule has 0 aliphatic rings. The molecule has 0 aliphatic carbocycles. The Labute approximate surface area is 119 Å². The number of rotatable bonds is 5. The van der Waals surface area contributed by atoms with Crippen molar-refractivity contribution in [2.75, 3.05) is 12.4 Å². The molecule has 0 aliphatic heterocycles. The van der Waals surface area contributed by atoms with Crippen molar-refractivity contribution in [3.8, 4) is 0 Å². The molecule has 1 heterocycles. The van der Waals surface area contributed by atoms with Crippen LogP contribution in [-0.2, 0) is 16.5 Å². The largest absolute Gasteiger partial charge is 0.361 e. The number of aromatic nitrogens is 1. The van der Waals surface area contributed by atoms with E-state index in [4.69, 9.17) is 4.55 Å². The van der Waals surface area contributed by atoms with Crippen molar-refractivity contribution in [2.24, 2.45) is 0 Å². The van der Waals surface area contributed by atoms with E-state index in [-0.39, 0.29) is 0 Å². The van der Waals surface area contributed by atoms with Crippen LogP contribution < -0.4 is 5.32 Å². The average Bonchev–Trinajstić information content (AvgIpc) is 2.75. The van der Waals surface area contributed by atoms with Crippen LogP contribution in [0.4, 0.5) is 0 Å². The van der Waals surface area contributed by atoms with E-state index in [1.165, 1.54) is 22.1 Å². The summed E-state index contributed by atoms with van der Waals surface area (Å²) in [6.45, 7) is 6.76. The van der Waals surface area contributed by atoms with E-state index in [0.717, 1.165) is 11.1 Å². The minimum atomic E-state index is -3.95. The highest BCUT2D eigenvalue weighted by molar-refractivity contribution is 7.85. The highest BCUT2D eigenvalue weighted by atomic mass is 32.2. The molecule has 1 aromatic carbocycles. The van der Waals surface area contributed by atoms with Gasteiger partial charge in [0, 0.05) is 23.6 Å². The molecule has 0 bridgehead atoms. The van der Waals surface area contributed by atoms with Gasteiger partial charge >= 0.3 is 0 Å². The van der Waals surface area contributed by atoms with Crippen molar-refractivity contribution in [3.63, 3.8) is 0 Å². The zero-order valence-electron chi connectivity index (χ0n) is 11.9. The van der Waals surface area contributed by atoms with Crippen molar-refractivity contribution in [1.29, 1.82) is 0 Å². The number of H-pyrrole nitrogens is 1. The second-order valence-corrected chi connectivity index (χ2v) is 6.63. The molecule has 6 heteroatoms. The van der Waals surface area contributed by atoms with E-state index in [1.807, 2.05) is 6.20 Å².